The van der Waals surface area contributed by atoms with E-state index >= 15 is 0 Å². The number of hydrogen-bond acceptors (Lipinski definition) is 3. The van der Waals surface area contributed by atoms with Crippen LogP contribution in [-0.4, -0.2) is 19.5 Å². The summed E-state index contributed by atoms with van der Waals surface area (Å²) in [6.07, 6.45) is 8.05. The average molecular weight is 312 g/mol. The highest BCUT2D eigenvalue weighted by Gasteiger charge is 2.13. The van der Waals surface area contributed by atoms with E-state index in [2.05, 4.69) is 11.8 Å². The Morgan fingerprint density at radius 3 is 2.70 bits per heavy atom. The van der Waals surface area contributed by atoms with Crippen LogP contribution in [0.25, 0.3) is 0 Å². The minimum Gasteiger partial charge on any atom is -0.497 e. The summed E-state index contributed by atoms with van der Waals surface area (Å²) in [6, 6.07) is 7.93. The van der Waals surface area contributed by atoms with Gasteiger partial charge in [-0.1, -0.05) is 18.2 Å². The van der Waals surface area contributed by atoms with Gasteiger partial charge in [0, 0.05) is 25.9 Å². The summed E-state index contributed by atoms with van der Waals surface area (Å²) in [4.78, 5) is 11.1. The molecule has 1 aromatic rings. The Kier molecular flexibility index (Phi) is 7.42. The number of ether oxygens (including phenoxy) is 2. The molecule has 1 aliphatic carbocycles. The van der Waals surface area contributed by atoms with Crippen LogP contribution in [0.2, 0.25) is 0 Å². The van der Waals surface area contributed by atoms with Crippen molar-refractivity contribution in [1.29, 1.82) is 0 Å². The van der Waals surface area contributed by atoms with Crippen molar-refractivity contribution in [3.8, 4) is 17.6 Å². The van der Waals surface area contributed by atoms with Crippen molar-refractivity contribution < 1.29 is 14.3 Å². The van der Waals surface area contributed by atoms with Crippen LogP contribution in [0.15, 0.2) is 36.4 Å². The highest BCUT2D eigenvalue weighted by molar-refractivity contribution is 5.92. The van der Waals surface area contributed by atoms with Gasteiger partial charge >= 0.3 is 0 Å². The van der Waals surface area contributed by atoms with Crippen LogP contribution in [-0.2, 0) is 16.1 Å². The van der Waals surface area contributed by atoms with E-state index in [1.807, 2.05) is 30.3 Å². The molecule has 0 spiro atoms. The fourth-order valence-electron chi connectivity index (χ4n) is 2.40. The maximum Gasteiger partial charge on any atom is 0.156 e. The molecule has 0 aliphatic heterocycles. The molecule has 0 saturated heterocycles. The number of carbonyl (C=O) groups is 1. The maximum absolute atomic E-state index is 11.1. The molecular weight excluding hydrogens is 288 g/mol. The van der Waals surface area contributed by atoms with Gasteiger partial charge in [0.05, 0.1) is 13.7 Å². The summed E-state index contributed by atoms with van der Waals surface area (Å²) in [5, 5.41) is 0. The lowest BCUT2D eigenvalue weighted by molar-refractivity contribution is -0.114. The molecule has 1 aromatic carbocycles. The third kappa shape index (κ3) is 6.71. The van der Waals surface area contributed by atoms with Crippen molar-refractivity contribution in [1.82, 2.24) is 0 Å². The minimum absolute atomic E-state index is 0.228. The molecule has 0 heterocycles. The fourth-order valence-corrected chi connectivity index (χ4v) is 2.40. The topological polar surface area (TPSA) is 35.5 Å². The predicted octanol–water partition coefficient (Wildman–Crippen LogP) is 3.92. The Balaban J connectivity index is 1.48. The first-order valence-electron chi connectivity index (χ1n) is 8.15. The molecule has 0 bridgehead atoms. The molecule has 23 heavy (non-hydrogen) atoms. The Morgan fingerprint density at radius 2 is 2.00 bits per heavy atom. The number of ketones is 1. The van der Waals surface area contributed by atoms with Gasteiger partial charge in [-0.2, -0.15) is 0 Å². The summed E-state index contributed by atoms with van der Waals surface area (Å²) >= 11 is 0. The Hall–Kier alpha value is -2.05. The number of methoxy groups -OCH3 is 1. The Morgan fingerprint density at radius 1 is 1.17 bits per heavy atom. The second-order valence-electron chi connectivity index (χ2n) is 5.71. The van der Waals surface area contributed by atoms with Gasteiger partial charge in [0.15, 0.2) is 5.78 Å². The van der Waals surface area contributed by atoms with Gasteiger partial charge in [0.2, 0.25) is 0 Å². The average Bonchev–Trinajstić information content (AvgIpc) is 2.99. The second kappa shape index (κ2) is 9.86. The van der Waals surface area contributed by atoms with E-state index in [1.165, 1.54) is 0 Å². The predicted molar refractivity (Wildman–Crippen MR) is 91.1 cm³/mol. The molecule has 3 nitrogen and oxygen atoms in total. The summed E-state index contributed by atoms with van der Waals surface area (Å²) in [5.74, 6) is 7.78. The molecule has 0 aromatic heterocycles. The number of rotatable bonds is 8. The van der Waals surface area contributed by atoms with Gasteiger partial charge in [0.25, 0.3) is 0 Å². The summed E-state index contributed by atoms with van der Waals surface area (Å²) in [7, 11) is 1.67. The zero-order chi connectivity index (χ0) is 16.3. The lowest BCUT2D eigenvalue weighted by atomic mass is 10.1. The van der Waals surface area contributed by atoms with Crippen LogP contribution < -0.4 is 4.74 Å². The van der Waals surface area contributed by atoms with Crippen LogP contribution in [0.4, 0.5) is 0 Å². The van der Waals surface area contributed by atoms with E-state index < -0.39 is 0 Å². The fraction of sp³-hybridized carbons (Fsp3) is 0.450. The van der Waals surface area contributed by atoms with Crippen LogP contribution in [0.1, 0.15) is 37.7 Å². The minimum atomic E-state index is 0.228. The lowest BCUT2D eigenvalue weighted by Gasteiger charge is -2.05. The third-order valence-electron chi connectivity index (χ3n) is 3.78. The third-order valence-corrected chi connectivity index (χ3v) is 3.78. The largest absolute Gasteiger partial charge is 0.497 e. The smallest absolute Gasteiger partial charge is 0.156 e. The van der Waals surface area contributed by atoms with Crippen LogP contribution in [0, 0.1) is 17.8 Å². The molecule has 0 saturated carbocycles. The van der Waals surface area contributed by atoms with E-state index in [4.69, 9.17) is 9.47 Å². The van der Waals surface area contributed by atoms with E-state index in [9.17, 15) is 4.79 Å². The maximum atomic E-state index is 11.1. The molecule has 2 rings (SSSR count). The van der Waals surface area contributed by atoms with Crippen LogP contribution >= 0.6 is 0 Å². The summed E-state index contributed by atoms with van der Waals surface area (Å²) in [5.41, 5.74) is 1.16. The highest BCUT2D eigenvalue weighted by Crippen LogP contribution is 2.17. The summed E-state index contributed by atoms with van der Waals surface area (Å²) in [6.45, 7) is 1.39. The SMILES string of the molecule is COc1ccc(COCCCCC#CC[C@H]2C=CC(=O)C2)cc1. The van der Waals surface area contributed by atoms with Crippen molar-refractivity contribution in [3.63, 3.8) is 0 Å². The molecule has 0 N–H and O–H groups in total. The highest BCUT2D eigenvalue weighted by atomic mass is 16.5. The van der Waals surface area contributed by atoms with Gasteiger partial charge in [-0.05, 0) is 42.5 Å². The lowest BCUT2D eigenvalue weighted by Crippen LogP contribution is -1.96. The first kappa shape index (κ1) is 17.3. The van der Waals surface area contributed by atoms with E-state index in [0.717, 1.165) is 43.6 Å². The molecular formula is C20H24O3. The second-order valence-corrected chi connectivity index (χ2v) is 5.71. The zero-order valence-electron chi connectivity index (χ0n) is 13.7. The van der Waals surface area contributed by atoms with Gasteiger partial charge in [-0.25, -0.2) is 0 Å². The van der Waals surface area contributed by atoms with E-state index in [-0.39, 0.29) is 5.78 Å². The number of unbranched alkanes of at least 4 members (excludes halogenated alkanes) is 2. The zero-order valence-corrected chi connectivity index (χ0v) is 13.7. The molecule has 0 fully saturated rings. The first-order valence-corrected chi connectivity index (χ1v) is 8.15. The van der Waals surface area contributed by atoms with Crippen molar-refractivity contribution in [2.75, 3.05) is 13.7 Å². The Bertz CT molecular complexity index is 575. The van der Waals surface area contributed by atoms with Crippen molar-refractivity contribution in [2.45, 2.75) is 38.7 Å². The van der Waals surface area contributed by atoms with E-state index in [0.29, 0.717) is 18.9 Å². The van der Waals surface area contributed by atoms with Crippen molar-refractivity contribution in [3.05, 3.63) is 42.0 Å². The standard InChI is InChI=1S/C20H24O3/c1-22-20-12-9-18(10-13-20)16-23-14-6-4-2-3-5-7-17-8-11-19(21)15-17/h8-13,17H,2,4,6-7,14-16H2,1H3/t17-/m0/s1. The van der Waals surface area contributed by atoms with Gasteiger partial charge in [0.1, 0.15) is 5.75 Å². The van der Waals surface area contributed by atoms with Crippen LogP contribution in [0.3, 0.4) is 0 Å². The molecule has 0 amide bonds. The monoisotopic (exact) mass is 312 g/mol. The van der Waals surface area contributed by atoms with Gasteiger partial charge < -0.3 is 9.47 Å². The molecule has 1 aliphatic rings. The van der Waals surface area contributed by atoms with Crippen molar-refractivity contribution >= 4 is 5.78 Å². The number of benzene rings is 1. The van der Waals surface area contributed by atoms with Gasteiger partial charge in [-0.3, -0.25) is 4.79 Å². The van der Waals surface area contributed by atoms with Crippen LogP contribution in [0.5, 0.6) is 5.75 Å². The quantitative estimate of drug-likeness (QED) is 0.539. The molecule has 3 heteroatoms. The van der Waals surface area contributed by atoms with Crippen molar-refractivity contribution in [2.24, 2.45) is 5.92 Å². The van der Waals surface area contributed by atoms with Gasteiger partial charge in [-0.15, -0.1) is 11.8 Å². The number of carbonyl (C=O) groups excluding carboxylic acids is 1. The number of hydrogen-bond donors (Lipinski definition) is 0. The molecule has 122 valence electrons. The Labute approximate surface area is 138 Å². The normalized spacial score (nSPS) is 16.2. The molecule has 0 unspecified atom stereocenters. The molecule has 1 atom stereocenters. The number of allylic oxidation sites excluding steroid dienone is 2. The first-order chi connectivity index (χ1) is 11.3. The molecule has 0 radical (unpaired) electrons. The summed E-state index contributed by atoms with van der Waals surface area (Å²) < 4.78 is 10.8. The van der Waals surface area contributed by atoms with E-state index in [1.54, 1.807) is 13.2 Å².